The third-order valence-corrected chi connectivity index (χ3v) is 4.29. The zero-order valence-electron chi connectivity index (χ0n) is 13.4. The highest BCUT2D eigenvalue weighted by molar-refractivity contribution is 5.78. The maximum absolute atomic E-state index is 12.3. The van der Waals surface area contributed by atoms with Crippen molar-refractivity contribution in [2.45, 2.75) is 25.7 Å². The smallest absolute Gasteiger partial charge is 0.308 e. The van der Waals surface area contributed by atoms with E-state index in [1.807, 2.05) is 30.3 Å². The highest BCUT2D eigenvalue weighted by Gasteiger charge is 2.28. The molecule has 1 atom stereocenters. The number of carboxylic acid groups (broad SMARTS) is 1. The van der Waals surface area contributed by atoms with Gasteiger partial charge in [-0.15, -0.1) is 0 Å². The molecule has 2 aromatic rings. The normalized spacial score (nSPS) is 17.7. The predicted octanol–water partition coefficient (Wildman–Crippen LogP) is 2.60. The zero-order chi connectivity index (χ0) is 16.9. The van der Waals surface area contributed by atoms with Crippen LogP contribution in [0.1, 0.15) is 25.2 Å². The van der Waals surface area contributed by atoms with Crippen LogP contribution in [0.15, 0.2) is 40.9 Å². The van der Waals surface area contributed by atoms with E-state index < -0.39 is 11.9 Å². The number of carbonyl (C=O) groups excluding carboxylic acids is 1. The maximum Gasteiger partial charge on any atom is 0.308 e. The van der Waals surface area contributed by atoms with Gasteiger partial charge in [0.2, 0.25) is 5.91 Å². The Bertz CT molecular complexity index is 711. The Hall–Kier alpha value is -2.63. The number of likely N-dealkylation sites (tertiary alicyclic amines) is 1. The largest absolute Gasteiger partial charge is 0.481 e. The van der Waals surface area contributed by atoms with Crippen molar-refractivity contribution >= 4 is 11.9 Å². The van der Waals surface area contributed by atoms with Crippen molar-refractivity contribution in [1.82, 2.24) is 9.88 Å². The number of amides is 1. The lowest BCUT2D eigenvalue weighted by Crippen LogP contribution is -2.42. The predicted molar refractivity (Wildman–Crippen MR) is 87.2 cm³/mol. The summed E-state index contributed by atoms with van der Waals surface area (Å²) >= 11 is 0. The molecule has 1 aromatic heterocycles. The number of aliphatic carboxylic acids is 1. The van der Waals surface area contributed by atoms with Gasteiger partial charge in [0.25, 0.3) is 0 Å². The van der Waals surface area contributed by atoms with E-state index in [0.29, 0.717) is 37.6 Å². The molecule has 1 N–H and O–H groups in total. The van der Waals surface area contributed by atoms with E-state index in [9.17, 15) is 9.59 Å². The van der Waals surface area contributed by atoms with Crippen LogP contribution in [-0.2, 0) is 16.0 Å². The first-order valence-corrected chi connectivity index (χ1v) is 8.14. The summed E-state index contributed by atoms with van der Waals surface area (Å²) < 4.78 is 5.69. The van der Waals surface area contributed by atoms with Crippen molar-refractivity contribution in [3.8, 4) is 11.3 Å². The first-order chi connectivity index (χ1) is 11.6. The molecule has 1 aliphatic rings. The van der Waals surface area contributed by atoms with Crippen molar-refractivity contribution < 1.29 is 19.1 Å². The molecule has 24 heavy (non-hydrogen) atoms. The molecule has 0 saturated carbocycles. The van der Waals surface area contributed by atoms with Gasteiger partial charge < -0.3 is 14.4 Å². The van der Waals surface area contributed by atoms with Gasteiger partial charge in [0.15, 0.2) is 11.7 Å². The number of rotatable bonds is 5. The maximum atomic E-state index is 12.3. The topological polar surface area (TPSA) is 83.6 Å². The average Bonchev–Trinajstić information content (AvgIpc) is 3.09. The molecule has 126 valence electrons. The van der Waals surface area contributed by atoms with Crippen LogP contribution in [0.4, 0.5) is 0 Å². The summed E-state index contributed by atoms with van der Waals surface area (Å²) in [6.45, 7) is 0.929. The summed E-state index contributed by atoms with van der Waals surface area (Å²) in [6, 6.07) is 9.67. The highest BCUT2D eigenvalue weighted by Crippen LogP contribution is 2.21. The minimum absolute atomic E-state index is 0.0413. The molecule has 0 spiro atoms. The lowest BCUT2D eigenvalue weighted by atomic mass is 9.98. The van der Waals surface area contributed by atoms with E-state index >= 15 is 0 Å². The van der Waals surface area contributed by atoms with Crippen LogP contribution in [0.2, 0.25) is 0 Å². The minimum Gasteiger partial charge on any atom is -0.481 e. The summed E-state index contributed by atoms with van der Waals surface area (Å²) in [5, 5.41) is 9.09. The Morgan fingerprint density at radius 1 is 1.29 bits per heavy atom. The Morgan fingerprint density at radius 2 is 2.08 bits per heavy atom. The zero-order valence-corrected chi connectivity index (χ0v) is 13.4. The Labute approximate surface area is 140 Å². The van der Waals surface area contributed by atoms with Gasteiger partial charge in [-0.25, -0.2) is 4.98 Å². The monoisotopic (exact) mass is 328 g/mol. The van der Waals surface area contributed by atoms with Gasteiger partial charge in [-0.3, -0.25) is 9.59 Å². The summed E-state index contributed by atoms with van der Waals surface area (Å²) in [4.78, 5) is 29.2. The van der Waals surface area contributed by atoms with Gasteiger partial charge in [-0.2, -0.15) is 0 Å². The molecule has 0 radical (unpaired) electrons. The number of oxazole rings is 1. The van der Waals surface area contributed by atoms with Crippen LogP contribution in [-0.4, -0.2) is 40.0 Å². The Balaban J connectivity index is 1.55. The fraction of sp³-hybridized carbons (Fsp3) is 0.389. The second-order valence-electron chi connectivity index (χ2n) is 6.00. The van der Waals surface area contributed by atoms with Gasteiger partial charge in [0.1, 0.15) is 0 Å². The van der Waals surface area contributed by atoms with E-state index in [2.05, 4.69) is 4.98 Å². The first kappa shape index (κ1) is 16.2. The molecule has 1 fully saturated rings. The van der Waals surface area contributed by atoms with Gasteiger partial charge >= 0.3 is 5.97 Å². The van der Waals surface area contributed by atoms with E-state index in [0.717, 1.165) is 12.0 Å². The lowest BCUT2D eigenvalue weighted by Gasteiger charge is -2.30. The number of carbonyl (C=O) groups is 2. The SMILES string of the molecule is O=C(O)C1CCCN(C(=O)CCc2ncc(-c3ccccc3)o2)C1. The fourth-order valence-corrected chi connectivity index (χ4v) is 2.94. The molecule has 1 aliphatic heterocycles. The third-order valence-electron chi connectivity index (χ3n) is 4.29. The molecule has 3 rings (SSSR count). The molecule has 1 unspecified atom stereocenters. The summed E-state index contributed by atoms with van der Waals surface area (Å²) in [5.74, 6) is -0.113. The van der Waals surface area contributed by atoms with Crippen LogP contribution in [0.3, 0.4) is 0 Å². The molecule has 6 nitrogen and oxygen atoms in total. The van der Waals surface area contributed by atoms with Gasteiger partial charge in [-0.1, -0.05) is 30.3 Å². The van der Waals surface area contributed by atoms with Gasteiger partial charge in [-0.05, 0) is 12.8 Å². The molecule has 2 heterocycles. The quantitative estimate of drug-likeness (QED) is 0.912. The van der Waals surface area contributed by atoms with E-state index in [4.69, 9.17) is 9.52 Å². The second kappa shape index (κ2) is 7.29. The molecule has 0 bridgehead atoms. The average molecular weight is 328 g/mol. The number of carboxylic acids is 1. The van der Waals surface area contributed by atoms with Crippen molar-refractivity contribution in [2.24, 2.45) is 5.92 Å². The standard InChI is InChI=1S/C18H20N2O4/c21-17(20-10-4-7-14(12-20)18(22)23)9-8-16-19-11-15(24-16)13-5-2-1-3-6-13/h1-3,5-6,11,14H,4,7-10,12H2,(H,22,23). The summed E-state index contributed by atoms with van der Waals surface area (Å²) in [7, 11) is 0. The van der Waals surface area contributed by atoms with Crippen LogP contribution in [0.5, 0.6) is 0 Å². The number of hydrogen-bond donors (Lipinski definition) is 1. The Kier molecular flexibility index (Phi) is 4.93. The van der Waals surface area contributed by atoms with Crippen molar-refractivity contribution in [1.29, 1.82) is 0 Å². The van der Waals surface area contributed by atoms with Crippen LogP contribution < -0.4 is 0 Å². The van der Waals surface area contributed by atoms with Crippen LogP contribution in [0, 0.1) is 5.92 Å². The van der Waals surface area contributed by atoms with E-state index in [1.165, 1.54) is 0 Å². The first-order valence-electron chi connectivity index (χ1n) is 8.14. The number of benzene rings is 1. The lowest BCUT2D eigenvalue weighted by molar-refractivity contribution is -0.145. The number of hydrogen-bond acceptors (Lipinski definition) is 4. The number of nitrogens with zero attached hydrogens (tertiary/aromatic N) is 2. The third kappa shape index (κ3) is 3.82. The second-order valence-corrected chi connectivity index (χ2v) is 6.00. The summed E-state index contributed by atoms with van der Waals surface area (Å²) in [5.41, 5.74) is 0.947. The number of piperidine rings is 1. The van der Waals surface area contributed by atoms with Gasteiger partial charge in [0, 0.05) is 31.5 Å². The van der Waals surface area contributed by atoms with Crippen molar-refractivity contribution in [2.75, 3.05) is 13.1 Å². The molecule has 1 saturated heterocycles. The van der Waals surface area contributed by atoms with Crippen molar-refractivity contribution in [3.05, 3.63) is 42.4 Å². The fourth-order valence-electron chi connectivity index (χ4n) is 2.94. The number of aryl methyl sites for hydroxylation is 1. The molecule has 0 aliphatic carbocycles. The van der Waals surface area contributed by atoms with Crippen molar-refractivity contribution in [3.63, 3.8) is 0 Å². The Morgan fingerprint density at radius 3 is 2.83 bits per heavy atom. The van der Waals surface area contributed by atoms with E-state index in [-0.39, 0.29) is 12.3 Å². The minimum atomic E-state index is -0.826. The molecule has 1 aromatic carbocycles. The van der Waals surface area contributed by atoms with E-state index in [1.54, 1.807) is 11.1 Å². The van der Waals surface area contributed by atoms with Crippen LogP contribution >= 0.6 is 0 Å². The molecule has 6 heteroatoms. The summed E-state index contributed by atoms with van der Waals surface area (Å²) in [6.07, 6.45) is 3.73. The highest BCUT2D eigenvalue weighted by atomic mass is 16.4. The van der Waals surface area contributed by atoms with Gasteiger partial charge in [0.05, 0.1) is 12.1 Å². The number of aromatic nitrogens is 1. The molecular formula is C18H20N2O4. The molecular weight excluding hydrogens is 308 g/mol. The van der Waals surface area contributed by atoms with Crippen LogP contribution in [0.25, 0.3) is 11.3 Å². The molecule has 1 amide bonds.